The molecular weight excluding hydrogens is 402 g/mol. The van der Waals surface area contributed by atoms with Crippen molar-refractivity contribution in [1.82, 2.24) is 4.31 Å². The summed E-state index contributed by atoms with van der Waals surface area (Å²) in [7, 11) is -3.91. The third kappa shape index (κ3) is 3.86. The van der Waals surface area contributed by atoms with Gasteiger partial charge >= 0.3 is 0 Å². The van der Waals surface area contributed by atoms with Crippen LogP contribution in [-0.2, 0) is 14.8 Å². The molecule has 0 spiro atoms. The Morgan fingerprint density at radius 2 is 1.85 bits per heavy atom. The first-order valence-corrected chi connectivity index (χ1v) is 10.0. The molecule has 1 fully saturated rings. The molecule has 0 aliphatic carbocycles. The maximum absolute atomic E-state index is 13.1. The number of hydrogen-bond donors (Lipinski definition) is 1. The summed E-state index contributed by atoms with van der Waals surface area (Å²) in [6.07, 6.45) is 0.923. The summed E-state index contributed by atoms with van der Waals surface area (Å²) in [5.74, 6) is -1.02. The SMILES string of the molecule is O=C(Nc1cc(Cl)ccc1Cl)[C@H]1CCCN1S(=O)(=O)c1ccc(F)cc1. The summed E-state index contributed by atoms with van der Waals surface area (Å²) < 4.78 is 39.8. The fraction of sp³-hybridized carbons (Fsp3) is 0.235. The molecule has 1 heterocycles. The molecule has 2 aromatic carbocycles. The molecule has 1 aliphatic heterocycles. The smallest absolute Gasteiger partial charge is 0.243 e. The molecule has 138 valence electrons. The van der Waals surface area contributed by atoms with Crippen LogP contribution >= 0.6 is 23.2 Å². The number of benzene rings is 2. The van der Waals surface area contributed by atoms with Gasteiger partial charge in [-0.15, -0.1) is 0 Å². The van der Waals surface area contributed by atoms with Gasteiger partial charge in [-0.2, -0.15) is 4.31 Å². The standard InChI is InChI=1S/C17H15Cl2FN2O3S/c18-11-3-8-14(19)15(10-11)21-17(23)16-2-1-9-22(16)26(24,25)13-6-4-12(20)5-7-13/h3-8,10,16H,1-2,9H2,(H,21,23)/t16-/m1/s1. The largest absolute Gasteiger partial charge is 0.323 e. The van der Waals surface area contributed by atoms with Gasteiger partial charge in [-0.1, -0.05) is 23.2 Å². The van der Waals surface area contributed by atoms with E-state index < -0.39 is 27.8 Å². The lowest BCUT2D eigenvalue weighted by atomic mass is 10.2. The Bertz CT molecular complexity index is 936. The Morgan fingerprint density at radius 1 is 1.15 bits per heavy atom. The minimum Gasteiger partial charge on any atom is -0.323 e. The van der Waals surface area contributed by atoms with E-state index in [0.717, 1.165) is 16.4 Å². The monoisotopic (exact) mass is 416 g/mol. The molecule has 0 radical (unpaired) electrons. The van der Waals surface area contributed by atoms with Crippen molar-refractivity contribution in [3.05, 3.63) is 58.3 Å². The highest BCUT2D eigenvalue weighted by atomic mass is 35.5. The molecule has 26 heavy (non-hydrogen) atoms. The van der Waals surface area contributed by atoms with Crippen LogP contribution in [0.5, 0.6) is 0 Å². The van der Waals surface area contributed by atoms with Gasteiger partial charge in [0.2, 0.25) is 15.9 Å². The van der Waals surface area contributed by atoms with E-state index in [2.05, 4.69) is 5.32 Å². The van der Waals surface area contributed by atoms with Crippen molar-refractivity contribution in [2.45, 2.75) is 23.8 Å². The molecule has 2 aromatic rings. The van der Waals surface area contributed by atoms with E-state index in [9.17, 15) is 17.6 Å². The molecule has 1 atom stereocenters. The predicted octanol–water partition coefficient (Wildman–Crippen LogP) is 3.92. The van der Waals surface area contributed by atoms with Crippen LogP contribution in [0.2, 0.25) is 10.0 Å². The lowest BCUT2D eigenvalue weighted by Crippen LogP contribution is -2.43. The molecule has 9 heteroatoms. The summed E-state index contributed by atoms with van der Waals surface area (Å²) in [4.78, 5) is 12.6. The van der Waals surface area contributed by atoms with E-state index >= 15 is 0 Å². The van der Waals surface area contributed by atoms with Crippen molar-refractivity contribution in [3.8, 4) is 0 Å². The fourth-order valence-corrected chi connectivity index (χ4v) is 4.83. The van der Waals surface area contributed by atoms with Gasteiger partial charge < -0.3 is 5.32 Å². The number of halogens is 3. The van der Waals surface area contributed by atoms with Crippen LogP contribution in [0, 0.1) is 5.82 Å². The average Bonchev–Trinajstić information content (AvgIpc) is 3.09. The van der Waals surface area contributed by atoms with Crippen molar-refractivity contribution in [3.63, 3.8) is 0 Å². The highest BCUT2D eigenvalue weighted by molar-refractivity contribution is 7.89. The Balaban J connectivity index is 1.84. The molecular formula is C17H15Cl2FN2O3S. The Morgan fingerprint density at radius 3 is 2.54 bits per heavy atom. The van der Waals surface area contributed by atoms with Gasteiger partial charge in [-0.05, 0) is 55.3 Å². The molecule has 0 bridgehead atoms. The number of nitrogens with one attached hydrogen (secondary N) is 1. The second kappa shape index (κ2) is 7.52. The zero-order valence-electron chi connectivity index (χ0n) is 13.5. The van der Waals surface area contributed by atoms with E-state index in [0.29, 0.717) is 28.6 Å². The summed E-state index contributed by atoms with van der Waals surface area (Å²) in [5, 5.41) is 3.33. The van der Waals surface area contributed by atoms with Gasteiger partial charge in [-0.3, -0.25) is 4.79 Å². The number of carbonyl (C=O) groups excluding carboxylic acids is 1. The highest BCUT2D eigenvalue weighted by Gasteiger charge is 2.39. The molecule has 5 nitrogen and oxygen atoms in total. The van der Waals surface area contributed by atoms with E-state index in [4.69, 9.17) is 23.2 Å². The predicted molar refractivity (Wildman–Crippen MR) is 98.4 cm³/mol. The van der Waals surface area contributed by atoms with Crippen LogP contribution in [0.15, 0.2) is 47.4 Å². The van der Waals surface area contributed by atoms with Crippen molar-refractivity contribution < 1.29 is 17.6 Å². The first kappa shape index (κ1) is 19.1. The van der Waals surface area contributed by atoms with Gasteiger partial charge in [0.1, 0.15) is 11.9 Å². The Labute approximate surface area is 160 Å². The lowest BCUT2D eigenvalue weighted by molar-refractivity contribution is -0.119. The molecule has 1 N–H and O–H groups in total. The Hall–Kier alpha value is -1.67. The van der Waals surface area contributed by atoms with Gasteiger partial charge in [-0.25, -0.2) is 12.8 Å². The number of carbonyl (C=O) groups is 1. The minimum absolute atomic E-state index is 0.0561. The van der Waals surface area contributed by atoms with Gasteiger partial charge in [0.15, 0.2) is 0 Å². The number of rotatable bonds is 4. The summed E-state index contributed by atoms with van der Waals surface area (Å²) >= 11 is 12.0. The summed E-state index contributed by atoms with van der Waals surface area (Å²) in [6, 6.07) is 8.27. The van der Waals surface area contributed by atoms with Crippen LogP contribution in [0.1, 0.15) is 12.8 Å². The maximum atomic E-state index is 13.1. The first-order chi connectivity index (χ1) is 12.3. The van der Waals surface area contributed by atoms with E-state index in [1.54, 1.807) is 12.1 Å². The number of amides is 1. The average molecular weight is 417 g/mol. The van der Waals surface area contributed by atoms with Crippen LogP contribution in [0.25, 0.3) is 0 Å². The van der Waals surface area contributed by atoms with Gasteiger partial charge in [0, 0.05) is 11.6 Å². The quantitative estimate of drug-likeness (QED) is 0.820. The fourth-order valence-electron chi connectivity index (χ4n) is 2.84. The summed E-state index contributed by atoms with van der Waals surface area (Å²) in [5.41, 5.74) is 0.315. The zero-order chi connectivity index (χ0) is 18.9. The summed E-state index contributed by atoms with van der Waals surface area (Å²) in [6.45, 7) is 0.209. The molecule has 0 unspecified atom stereocenters. The van der Waals surface area contributed by atoms with Gasteiger partial charge in [0.05, 0.1) is 15.6 Å². The first-order valence-electron chi connectivity index (χ1n) is 7.82. The zero-order valence-corrected chi connectivity index (χ0v) is 15.8. The molecule has 3 rings (SSSR count). The van der Waals surface area contributed by atoms with E-state index in [1.807, 2.05) is 0 Å². The molecule has 1 aliphatic rings. The van der Waals surface area contributed by atoms with Crippen LogP contribution in [-0.4, -0.2) is 31.2 Å². The maximum Gasteiger partial charge on any atom is 0.243 e. The minimum atomic E-state index is -3.91. The number of nitrogens with zero attached hydrogens (tertiary/aromatic N) is 1. The molecule has 0 saturated carbocycles. The van der Waals surface area contributed by atoms with Crippen molar-refractivity contribution >= 4 is 44.8 Å². The number of anilines is 1. The second-order valence-electron chi connectivity index (χ2n) is 5.84. The lowest BCUT2D eigenvalue weighted by Gasteiger charge is -2.23. The number of sulfonamides is 1. The number of hydrogen-bond acceptors (Lipinski definition) is 3. The third-order valence-corrected chi connectivity index (χ3v) is 6.60. The van der Waals surface area contributed by atoms with E-state index in [-0.39, 0.29) is 11.4 Å². The van der Waals surface area contributed by atoms with Crippen molar-refractivity contribution in [2.75, 3.05) is 11.9 Å². The highest BCUT2D eigenvalue weighted by Crippen LogP contribution is 2.29. The van der Waals surface area contributed by atoms with E-state index in [1.165, 1.54) is 18.2 Å². The Kier molecular flexibility index (Phi) is 5.53. The van der Waals surface area contributed by atoms with Crippen LogP contribution in [0.4, 0.5) is 10.1 Å². The van der Waals surface area contributed by atoms with Crippen molar-refractivity contribution in [1.29, 1.82) is 0 Å². The topological polar surface area (TPSA) is 66.5 Å². The van der Waals surface area contributed by atoms with Crippen LogP contribution < -0.4 is 5.32 Å². The molecule has 0 aromatic heterocycles. The molecule has 1 amide bonds. The van der Waals surface area contributed by atoms with Gasteiger partial charge in [0.25, 0.3) is 0 Å². The third-order valence-electron chi connectivity index (χ3n) is 4.11. The van der Waals surface area contributed by atoms with Crippen LogP contribution in [0.3, 0.4) is 0 Å². The van der Waals surface area contributed by atoms with Crippen molar-refractivity contribution in [2.24, 2.45) is 0 Å². The molecule has 1 saturated heterocycles. The normalized spacial score (nSPS) is 18.0. The second-order valence-corrected chi connectivity index (χ2v) is 8.58.